The molecule has 1 aliphatic carbocycles. The van der Waals surface area contributed by atoms with Gasteiger partial charge in [-0.15, -0.1) is 0 Å². The first-order valence-electron chi connectivity index (χ1n) is 7.36. The summed E-state index contributed by atoms with van der Waals surface area (Å²) < 4.78 is 0. The van der Waals surface area contributed by atoms with Crippen molar-refractivity contribution in [3.8, 4) is 0 Å². The molecule has 0 spiro atoms. The van der Waals surface area contributed by atoms with Gasteiger partial charge in [0.25, 0.3) is 0 Å². The molecule has 0 bridgehead atoms. The zero-order valence-corrected chi connectivity index (χ0v) is 12.5. The summed E-state index contributed by atoms with van der Waals surface area (Å²) in [7, 11) is 2.46. The average molecular weight is 222 g/mol. The minimum absolute atomic E-state index is 0.869. The fraction of sp³-hybridized carbons (Fsp3) is 1.00. The summed E-state index contributed by atoms with van der Waals surface area (Å²) >= 11 is 0. The number of rotatable bonds is 0. The topological polar surface area (TPSA) is 0 Å². The van der Waals surface area contributed by atoms with Crippen molar-refractivity contribution >= 4 is 7.85 Å². The highest BCUT2D eigenvalue weighted by molar-refractivity contribution is 6.11. The molecule has 1 aliphatic rings. The molecule has 1 heteroatoms. The Bertz CT molecular complexity index is 191. The SMILES string of the molecule is BC1CCC(C)C(C)C(C)C(C)C(C)C1C. The molecular weight excluding hydrogens is 191 g/mol. The Morgan fingerprint density at radius 3 is 1.62 bits per heavy atom. The molecule has 0 N–H and O–H groups in total. The molecular formula is C15H31B. The molecule has 94 valence electrons. The van der Waals surface area contributed by atoms with Crippen LogP contribution in [0, 0.1) is 35.5 Å². The molecule has 0 aliphatic heterocycles. The quantitative estimate of drug-likeness (QED) is 0.543. The molecule has 0 aromatic carbocycles. The second kappa shape index (κ2) is 5.60. The largest absolute Gasteiger partial charge is 0.105 e. The molecule has 0 aromatic rings. The van der Waals surface area contributed by atoms with Gasteiger partial charge in [-0.1, -0.05) is 60.2 Å². The van der Waals surface area contributed by atoms with Crippen molar-refractivity contribution in [2.45, 2.75) is 60.2 Å². The fourth-order valence-corrected chi connectivity index (χ4v) is 3.52. The molecule has 1 fully saturated rings. The highest BCUT2D eigenvalue weighted by atomic mass is 14.4. The first-order chi connectivity index (χ1) is 7.36. The lowest BCUT2D eigenvalue weighted by Crippen LogP contribution is -2.28. The molecule has 0 heterocycles. The highest BCUT2D eigenvalue weighted by Gasteiger charge is 2.33. The third-order valence-corrected chi connectivity index (χ3v) is 6.19. The molecule has 7 atom stereocenters. The van der Waals surface area contributed by atoms with Crippen molar-refractivity contribution in [2.24, 2.45) is 35.5 Å². The Kier molecular flexibility index (Phi) is 4.95. The first kappa shape index (κ1) is 14.1. The summed E-state index contributed by atoms with van der Waals surface area (Å²) in [4.78, 5) is 0. The van der Waals surface area contributed by atoms with Crippen molar-refractivity contribution in [3.05, 3.63) is 0 Å². The zero-order chi connectivity index (χ0) is 12.5. The van der Waals surface area contributed by atoms with Gasteiger partial charge in [0.2, 0.25) is 0 Å². The maximum atomic E-state index is 2.48. The van der Waals surface area contributed by atoms with Gasteiger partial charge in [-0.2, -0.15) is 0 Å². The van der Waals surface area contributed by atoms with Crippen LogP contribution in [-0.2, 0) is 0 Å². The van der Waals surface area contributed by atoms with Crippen molar-refractivity contribution in [1.82, 2.24) is 0 Å². The Morgan fingerprint density at radius 2 is 1.06 bits per heavy atom. The normalized spacial score (nSPS) is 51.5. The van der Waals surface area contributed by atoms with Crippen LogP contribution in [0.25, 0.3) is 0 Å². The van der Waals surface area contributed by atoms with Crippen LogP contribution in [-0.4, -0.2) is 7.85 Å². The van der Waals surface area contributed by atoms with Crippen LogP contribution in [0.4, 0.5) is 0 Å². The van der Waals surface area contributed by atoms with Gasteiger partial charge in [-0.05, 0) is 35.5 Å². The van der Waals surface area contributed by atoms with E-state index < -0.39 is 0 Å². The van der Waals surface area contributed by atoms with Crippen molar-refractivity contribution in [1.29, 1.82) is 0 Å². The monoisotopic (exact) mass is 222 g/mol. The second-order valence-corrected chi connectivity index (χ2v) is 6.83. The molecule has 0 saturated heterocycles. The van der Waals surface area contributed by atoms with Crippen molar-refractivity contribution in [3.63, 3.8) is 0 Å². The minimum atomic E-state index is 0.869. The summed E-state index contributed by atoms with van der Waals surface area (Å²) in [6, 6.07) is 0. The Labute approximate surface area is 104 Å². The molecule has 7 unspecified atom stereocenters. The van der Waals surface area contributed by atoms with Gasteiger partial charge in [-0.3, -0.25) is 0 Å². The van der Waals surface area contributed by atoms with Crippen LogP contribution in [0.1, 0.15) is 54.4 Å². The summed E-state index contributed by atoms with van der Waals surface area (Å²) in [5.74, 6) is 6.18. The molecule has 0 radical (unpaired) electrons. The lowest BCUT2D eigenvalue weighted by molar-refractivity contribution is 0.150. The Balaban J connectivity index is 2.86. The lowest BCUT2D eigenvalue weighted by atomic mass is 9.66. The summed E-state index contributed by atoms with van der Waals surface area (Å²) in [6.07, 6.45) is 2.85. The second-order valence-electron chi connectivity index (χ2n) is 6.83. The zero-order valence-electron chi connectivity index (χ0n) is 12.5. The van der Waals surface area contributed by atoms with Crippen LogP contribution in [0.2, 0.25) is 5.82 Å². The van der Waals surface area contributed by atoms with E-state index in [1.165, 1.54) is 12.8 Å². The smallest absolute Gasteiger partial charge is 0.0669 e. The minimum Gasteiger partial charge on any atom is -0.0669 e. The van der Waals surface area contributed by atoms with E-state index in [9.17, 15) is 0 Å². The summed E-state index contributed by atoms with van der Waals surface area (Å²) in [6.45, 7) is 14.8. The van der Waals surface area contributed by atoms with Gasteiger partial charge in [0, 0.05) is 0 Å². The average Bonchev–Trinajstić information content (AvgIpc) is 2.30. The van der Waals surface area contributed by atoms with Gasteiger partial charge in [0.05, 0.1) is 0 Å². The molecule has 16 heavy (non-hydrogen) atoms. The Morgan fingerprint density at radius 1 is 0.625 bits per heavy atom. The first-order valence-corrected chi connectivity index (χ1v) is 7.36. The third kappa shape index (κ3) is 2.84. The molecule has 0 nitrogen and oxygen atoms in total. The van der Waals surface area contributed by atoms with E-state index in [1.54, 1.807) is 0 Å². The van der Waals surface area contributed by atoms with E-state index in [4.69, 9.17) is 0 Å². The van der Waals surface area contributed by atoms with Gasteiger partial charge in [-0.25, -0.2) is 0 Å². The predicted molar refractivity (Wildman–Crippen MR) is 76.5 cm³/mol. The van der Waals surface area contributed by atoms with Gasteiger partial charge in [0.1, 0.15) is 7.85 Å². The lowest BCUT2D eigenvalue weighted by Gasteiger charge is -2.35. The van der Waals surface area contributed by atoms with Crippen LogP contribution in [0.15, 0.2) is 0 Å². The van der Waals surface area contributed by atoms with E-state index in [-0.39, 0.29) is 0 Å². The maximum Gasteiger partial charge on any atom is 0.105 e. The van der Waals surface area contributed by atoms with E-state index in [2.05, 4.69) is 49.4 Å². The molecule has 1 saturated carbocycles. The Hall–Kier alpha value is 0.0649. The van der Waals surface area contributed by atoms with Crippen LogP contribution >= 0.6 is 0 Å². The fourth-order valence-electron chi connectivity index (χ4n) is 3.52. The third-order valence-electron chi connectivity index (χ3n) is 6.19. The number of hydrogen-bond donors (Lipinski definition) is 0. The summed E-state index contributed by atoms with van der Waals surface area (Å²) in [5, 5.41) is 0. The van der Waals surface area contributed by atoms with Crippen molar-refractivity contribution < 1.29 is 0 Å². The van der Waals surface area contributed by atoms with Gasteiger partial charge >= 0.3 is 0 Å². The van der Waals surface area contributed by atoms with Crippen LogP contribution in [0.5, 0.6) is 0 Å². The van der Waals surface area contributed by atoms with Crippen LogP contribution in [0.3, 0.4) is 0 Å². The van der Waals surface area contributed by atoms with E-state index >= 15 is 0 Å². The molecule has 0 amide bonds. The van der Waals surface area contributed by atoms with E-state index in [0.717, 1.165) is 41.3 Å². The predicted octanol–water partition coefficient (Wildman–Crippen LogP) is 4.02. The maximum absolute atomic E-state index is 2.48. The van der Waals surface area contributed by atoms with Crippen LogP contribution < -0.4 is 0 Å². The standard InChI is InChI=1S/C15H31B/c1-9-7-8-15(16)14(6)13(5)12(4)11(3)10(9)2/h9-15H,7-8,16H2,1-6H3. The van der Waals surface area contributed by atoms with Gasteiger partial charge < -0.3 is 0 Å². The molecule has 1 rings (SSSR count). The van der Waals surface area contributed by atoms with Gasteiger partial charge in [0.15, 0.2) is 0 Å². The highest BCUT2D eigenvalue weighted by Crippen LogP contribution is 2.42. The number of hydrogen-bond acceptors (Lipinski definition) is 0. The van der Waals surface area contributed by atoms with E-state index in [1.807, 2.05) is 0 Å². The molecule has 0 aromatic heterocycles. The van der Waals surface area contributed by atoms with E-state index in [0.29, 0.717) is 0 Å². The summed E-state index contributed by atoms with van der Waals surface area (Å²) in [5.41, 5.74) is 0. The van der Waals surface area contributed by atoms with Crippen molar-refractivity contribution in [2.75, 3.05) is 0 Å².